The van der Waals surface area contributed by atoms with Gasteiger partial charge in [-0.2, -0.15) is 0 Å². The van der Waals surface area contributed by atoms with Crippen LogP contribution in [-0.2, 0) is 11.3 Å². The number of ether oxygens (including phenoxy) is 3. The van der Waals surface area contributed by atoms with Crippen LogP contribution < -0.4 is 9.47 Å². The van der Waals surface area contributed by atoms with E-state index in [1.807, 2.05) is 39.0 Å². The molecule has 20 heavy (non-hydrogen) atoms. The third-order valence-electron chi connectivity index (χ3n) is 2.90. The highest BCUT2D eigenvalue weighted by Gasteiger charge is 2.26. The first-order valence-electron chi connectivity index (χ1n) is 6.67. The number of carbonyl (C=O) groups excluding carboxylic acids is 1. The van der Waals surface area contributed by atoms with Crippen LogP contribution in [0.15, 0.2) is 18.2 Å². The Morgan fingerprint density at radius 3 is 2.75 bits per heavy atom. The molecule has 1 aliphatic heterocycles. The second-order valence-electron chi connectivity index (χ2n) is 5.70. The molecule has 0 spiro atoms. The highest BCUT2D eigenvalue weighted by molar-refractivity contribution is 5.68. The van der Waals surface area contributed by atoms with Crippen molar-refractivity contribution in [1.82, 2.24) is 4.90 Å². The molecule has 0 bridgehead atoms. The van der Waals surface area contributed by atoms with Gasteiger partial charge in [-0.25, -0.2) is 4.79 Å². The van der Waals surface area contributed by atoms with Gasteiger partial charge < -0.3 is 19.1 Å². The number of benzene rings is 1. The fourth-order valence-electron chi connectivity index (χ4n) is 2.04. The average molecular weight is 279 g/mol. The average Bonchev–Trinajstić information content (AvgIpc) is 2.58. The molecule has 5 heteroatoms. The summed E-state index contributed by atoms with van der Waals surface area (Å²) in [4.78, 5) is 13.8. The molecule has 1 heterocycles. The second-order valence-corrected chi connectivity index (χ2v) is 5.70. The van der Waals surface area contributed by atoms with Crippen LogP contribution in [0.25, 0.3) is 0 Å². The lowest BCUT2D eigenvalue weighted by atomic mass is 10.1. The quantitative estimate of drug-likeness (QED) is 0.793. The van der Waals surface area contributed by atoms with E-state index in [2.05, 4.69) is 0 Å². The van der Waals surface area contributed by atoms with Gasteiger partial charge in [-0.1, -0.05) is 12.1 Å². The first-order valence-corrected chi connectivity index (χ1v) is 6.67. The Hall–Kier alpha value is -1.91. The number of nitrogens with zero attached hydrogens (tertiary/aromatic N) is 1. The van der Waals surface area contributed by atoms with Gasteiger partial charge in [-0.05, 0) is 26.8 Å². The van der Waals surface area contributed by atoms with Gasteiger partial charge in [0.15, 0.2) is 11.5 Å². The fourth-order valence-corrected chi connectivity index (χ4v) is 2.04. The number of carbonyl (C=O) groups is 1. The van der Waals surface area contributed by atoms with Gasteiger partial charge in [-0.15, -0.1) is 0 Å². The van der Waals surface area contributed by atoms with Crippen molar-refractivity contribution in [3.05, 3.63) is 23.8 Å². The van der Waals surface area contributed by atoms with Crippen LogP contribution in [0.5, 0.6) is 11.5 Å². The van der Waals surface area contributed by atoms with Gasteiger partial charge in [0.05, 0.1) is 20.2 Å². The van der Waals surface area contributed by atoms with E-state index in [0.29, 0.717) is 31.2 Å². The number of rotatable bonds is 1. The van der Waals surface area contributed by atoms with Gasteiger partial charge in [0.25, 0.3) is 0 Å². The minimum atomic E-state index is -0.499. The molecule has 0 fully saturated rings. The predicted molar refractivity (Wildman–Crippen MR) is 75.1 cm³/mol. The third kappa shape index (κ3) is 3.35. The summed E-state index contributed by atoms with van der Waals surface area (Å²) in [6.45, 7) is 6.95. The number of methoxy groups -OCH3 is 1. The normalized spacial score (nSPS) is 14.9. The fraction of sp³-hybridized carbons (Fsp3) is 0.533. The van der Waals surface area contributed by atoms with E-state index in [1.54, 1.807) is 12.0 Å². The molecular formula is C15H21NO4. The largest absolute Gasteiger partial charge is 0.493 e. The Morgan fingerprint density at radius 1 is 1.35 bits per heavy atom. The van der Waals surface area contributed by atoms with Crippen molar-refractivity contribution in [2.45, 2.75) is 32.9 Å². The lowest BCUT2D eigenvalue weighted by Crippen LogP contribution is -2.37. The highest BCUT2D eigenvalue weighted by atomic mass is 16.6. The molecule has 0 N–H and O–H groups in total. The molecule has 0 saturated carbocycles. The van der Waals surface area contributed by atoms with Gasteiger partial charge >= 0.3 is 6.09 Å². The van der Waals surface area contributed by atoms with Gasteiger partial charge in [0, 0.05) is 5.56 Å². The van der Waals surface area contributed by atoms with Crippen molar-refractivity contribution in [3.8, 4) is 11.5 Å². The van der Waals surface area contributed by atoms with E-state index in [9.17, 15) is 4.79 Å². The summed E-state index contributed by atoms with van der Waals surface area (Å²) in [6, 6.07) is 5.67. The van der Waals surface area contributed by atoms with E-state index >= 15 is 0 Å². The molecule has 0 atom stereocenters. The van der Waals surface area contributed by atoms with Crippen molar-refractivity contribution < 1.29 is 19.0 Å². The zero-order valence-corrected chi connectivity index (χ0v) is 12.4. The molecule has 0 aliphatic carbocycles. The zero-order valence-electron chi connectivity index (χ0n) is 12.4. The third-order valence-corrected chi connectivity index (χ3v) is 2.90. The summed E-state index contributed by atoms with van der Waals surface area (Å²) in [5.74, 6) is 1.40. The van der Waals surface area contributed by atoms with Crippen LogP contribution in [0.3, 0.4) is 0 Å². The lowest BCUT2D eigenvalue weighted by molar-refractivity contribution is 0.0225. The smallest absolute Gasteiger partial charge is 0.410 e. The lowest BCUT2D eigenvalue weighted by Gasteiger charge is -2.26. The van der Waals surface area contributed by atoms with Crippen molar-refractivity contribution in [1.29, 1.82) is 0 Å². The topological polar surface area (TPSA) is 48.0 Å². The molecule has 0 radical (unpaired) electrons. The number of fused-ring (bicyclic) bond motifs is 1. The van der Waals surface area contributed by atoms with Crippen LogP contribution in [0.4, 0.5) is 4.79 Å². The zero-order chi connectivity index (χ0) is 14.8. The Labute approximate surface area is 119 Å². The van der Waals surface area contributed by atoms with Gasteiger partial charge in [0.1, 0.15) is 12.2 Å². The Morgan fingerprint density at radius 2 is 2.10 bits per heavy atom. The minimum Gasteiger partial charge on any atom is -0.493 e. The highest BCUT2D eigenvalue weighted by Crippen LogP contribution is 2.33. The molecule has 2 rings (SSSR count). The van der Waals surface area contributed by atoms with Crippen molar-refractivity contribution in [2.24, 2.45) is 0 Å². The van der Waals surface area contributed by atoms with Crippen molar-refractivity contribution in [2.75, 3.05) is 20.3 Å². The molecule has 1 aliphatic rings. The minimum absolute atomic E-state index is 0.322. The molecule has 5 nitrogen and oxygen atoms in total. The van der Waals surface area contributed by atoms with E-state index in [0.717, 1.165) is 5.56 Å². The van der Waals surface area contributed by atoms with Gasteiger partial charge in [-0.3, -0.25) is 0 Å². The first-order chi connectivity index (χ1) is 9.40. The first kappa shape index (κ1) is 14.5. The molecule has 1 aromatic carbocycles. The van der Waals surface area contributed by atoms with Crippen molar-refractivity contribution in [3.63, 3.8) is 0 Å². The maximum atomic E-state index is 12.1. The monoisotopic (exact) mass is 279 g/mol. The summed E-state index contributed by atoms with van der Waals surface area (Å²) in [6.07, 6.45) is -0.322. The van der Waals surface area contributed by atoms with Crippen LogP contribution in [0, 0.1) is 0 Å². The summed E-state index contributed by atoms with van der Waals surface area (Å²) in [5, 5.41) is 0. The van der Waals surface area contributed by atoms with Crippen LogP contribution in [0.1, 0.15) is 26.3 Å². The summed E-state index contributed by atoms with van der Waals surface area (Å²) in [5.41, 5.74) is 0.425. The summed E-state index contributed by atoms with van der Waals surface area (Å²) < 4.78 is 16.4. The number of amides is 1. The Kier molecular flexibility index (Phi) is 4.06. The van der Waals surface area contributed by atoms with Gasteiger partial charge in [0.2, 0.25) is 0 Å². The number of hydrogen-bond acceptors (Lipinski definition) is 4. The predicted octanol–water partition coefficient (Wildman–Crippen LogP) is 2.82. The van der Waals surface area contributed by atoms with Crippen molar-refractivity contribution >= 4 is 6.09 Å². The van der Waals surface area contributed by atoms with Crippen LogP contribution in [0.2, 0.25) is 0 Å². The molecule has 1 amide bonds. The van der Waals surface area contributed by atoms with Crippen LogP contribution >= 0.6 is 0 Å². The number of hydrogen-bond donors (Lipinski definition) is 0. The van der Waals surface area contributed by atoms with E-state index in [4.69, 9.17) is 14.2 Å². The summed E-state index contributed by atoms with van der Waals surface area (Å²) >= 11 is 0. The molecule has 0 saturated heterocycles. The van der Waals surface area contributed by atoms with Crippen LogP contribution in [-0.4, -0.2) is 36.9 Å². The standard InChI is InChI=1S/C15H21NO4/c1-15(2,3)20-14(17)16-8-9-19-13-11(10-16)6-5-7-12(13)18-4/h5-7H,8-10H2,1-4H3. The van der Waals surface area contributed by atoms with E-state index in [-0.39, 0.29) is 6.09 Å². The van der Waals surface area contributed by atoms with E-state index < -0.39 is 5.60 Å². The number of para-hydroxylation sites is 1. The maximum absolute atomic E-state index is 12.1. The summed E-state index contributed by atoms with van der Waals surface area (Å²) in [7, 11) is 1.61. The second kappa shape index (κ2) is 5.61. The molecule has 1 aromatic rings. The Balaban J connectivity index is 2.18. The SMILES string of the molecule is COc1cccc2c1OCCN(C(=O)OC(C)(C)C)C2. The Bertz CT molecular complexity index is 493. The maximum Gasteiger partial charge on any atom is 0.410 e. The molecule has 0 unspecified atom stereocenters. The van der Waals surface area contributed by atoms with E-state index in [1.165, 1.54) is 0 Å². The molecule has 110 valence electrons. The molecule has 0 aromatic heterocycles. The molecular weight excluding hydrogens is 258 g/mol.